The van der Waals surface area contributed by atoms with E-state index in [4.69, 9.17) is 19.9 Å². The first-order chi connectivity index (χ1) is 45.5. The molecule has 12 aromatic carbocycles. The fourth-order valence-corrected chi connectivity index (χ4v) is 12.0. The van der Waals surface area contributed by atoms with Crippen molar-refractivity contribution in [2.75, 3.05) is 0 Å². The summed E-state index contributed by atoms with van der Waals surface area (Å²) in [5.74, 6) is 1.38. The molecule has 0 unspecified atom stereocenters. The van der Waals surface area contributed by atoms with Crippen molar-refractivity contribution in [2.24, 2.45) is 0 Å². The molecule has 0 aliphatic carbocycles. The Morgan fingerprint density at radius 3 is 1.03 bits per heavy atom. The maximum absolute atomic E-state index is 5.18. The normalized spacial score (nSPS) is 11.0. The topological polar surface area (TPSA) is 77.3 Å². The van der Waals surface area contributed by atoms with Crippen LogP contribution in [0.4, 0.5) is 0 Å². The first-order valence-corrected chi connectivity index (χ1v) is 30.9. The van der Waals surface area contributed by atoms with Gasteiger partial charge in [-0.15, -0.1) is 0 Å². The fourth-order valence-electron chi connectivity index (χ4n) is 12.0. The van der Waals surface area contributed by atoms with Gasteiger partial charge in [-0.1, -0.05) is 273 Å². The Labute approximate surface area is 535 Å². The first-order valence-electron chi connectivity index (χ1n) is 30.9. The number of fused-ring (bicyclic) bond motifs is 2. The summed E-state index contributed by atoms with van der Waals surface area (Å²) in [6.07, 6.45) is 7.37. The average molecular weight is 1180 g/mol. The van der Waals surface area contributed by atoms with E-state index in [1.54, 1.807) is 12.4 Å². The molecule has 4 aromatic heterocycles. The summed E-state index contributed by atoms with van der Waals surface area (Å²) in [5, 5.41) is 4.90. The lowest BCUT2D eigenvalue weighted by Gasteiger charge is -2.12. The molecule has 0 N–H and O–H groups in total. The molecule has 16 aromatic rings. The minimum Gasteiger partial charge on any atom is -0.264 e. The number of hydrogen-bond acceptors (Lipinski definition) is 6. The summed E-state index contributed by atoms with van der Waals surface area (Å²) < 4.78 is 0. The second-order valence-electron chi connectivity index (χ2n) is 22.7. The highest BCUT2D eigenvalue weighted by Crippen LogP contribution is 2.37. The van der Waals surface area contributed by atoms with Crippen molar-refractivity contribution in [3.8, 4) is 135 Å². The molecular weight excluding hydrogens is 1120 g/mol. The predicted octanol–water partition coefficient (Wildman–Crippen LogP) is 22.1. The third kappa shape index (κ3) is 12.3. The lowest BCUT2D eigenvalue weighted by atomic mass is 9.96. The van der Waals surface area contributed by atoms with Crippen molar-refractivity contribution in [3.63, 3.8) is 0 Å². The fraction of sp³-hybridized carbons (Fsp3) is 0. The number of pyridine rings is 2. The molecule has 0 aliphatic heterocycles. The lowest BCUT2D eigenvalue weighted by Crippen LogP contribution is -1.96. The van der Waals surface area contributed by atoms with E-state index in [0.29, 0.717) is 11.6 Å². The number of aromatic nitrogens is 6. The Balaban J connectivity index is 0.000000153. The Morgan fingerprint density at radius 1 is 0.174 bits per heavy atom. The first kappa shape index (κ1) is 56.2. The number of hydrogen-bond donors (Lipinski definition) is 0. The molecule has 4 heterocycles. The Bertz CT molecular complexity index is 5240. The monoisotopic (exact) mass is 1170 g/mol. The Morgan fingerprint density at radius 2 is 0.511 bits per heavy atom. The van der Waals surface area contributed by atoms with Crippen LogP contribution in [-0.2, 0) is 0 Å². The van der Waals surface area contributed by atoms with Gasteiger partial charge in [-0.05, 0) is 143 Å². The van der Waals surface area contributed by atoms with Crippen LogP contribution in [0.3, 0.4) is 0 Å². The van der Waals surface area contributed by atoms with Crippen molar-refractivity contribution in [2.45, 2.75) is 0 Å². The number of benzene rings is 12. The maximum atomic E-state index is 5.18. The Hall–Kier alpha value is -12.4. The van der Waals surface area contributed by atoms with Crippen LogP contribution in [0.25, 0.3) is 156 Å². The zero-order valence-corrected chi connectivity index (χ0v) is 50.2. The predicted molar refractivity (Wildman–Crippen MR) is 380 cm³/mol. The van der Waals surface area contributed by atoms with Crippen molar-refractivity contribution < 1.29 is 0 Å². The van der Waals surface area contributed by atoms with E-state index in [9.17, 15) is 0 Å². The standard InChI is InChI=1S/2C43H29N3/c1-2-10-30(11-3-1)34-14-6-16-36(26-34)42-28-41(33-23-21-31(22-24-33)38-18-9-25-44-29-38)45-43(46-42)37-17-7-15-35(27-37)40-20-8-13-32-12-4-5-19-39(32)40;1-2-9-30(10-3-1)35-13-6-15-38(26-35)42-28-41(33-21-18-32(19-22-33)40-17-8-24-44-29-40)45-43(46-42)39-16-7-14-36(27-39)37-23-20-31-11-4-5-12-34(31)25-37/h2*1-29H. The highest BCUT2D eigenvalue weighted by Gasteiger charge is 2.16. The van der Waals surface area contributed by atoms with Gasteiger partial charge in [-0.2, -0.15) is 0 Å². The zero-order chi connectivity index (χ0) is 61.4. The molecule has 0 atom stereocenters. The van der Waals surface area contributed by atoms with Crippen LogP contribution >= 0.6 is 0 Å². The summed E-state index contributed by atoms with van der Waals surface area (Å²) in [5.41, 5.74) is 23.3. The molecule has 6 nitrogen and oxygen atoms in total. The maximum Gasteiger partial charge on any atom is 0.160 e. The lowest BCUT2D eigenvalue weighted by molar-refractivity contribution is 1.18. The zero-order valence-electron chi connectivity index (χ0n) is 50.2. The molecule has 0 radical (unpaired) electrons. The van der Waals surface area contributed by atoms with Crippen LogP contribution in [0, 0.1) is 0 Å². The van der Waals surface area contributed by atoms with Gasteiger partial charge in [-0.25, -0.2) is 19.9 Å². The highest BCUT2D eigenvalue weighted by molar-refractivity contribution is 5.97. The molecule has 0 saturated carbocycles. The van der Waals surface area contributed by atoms with E-state index in [-0.39, 0.29) is 0 Å². The van der Waals surface area contributed by atoms with Crippen LogP contribution in [0.2, 0.25) is 0 Å². The summed E-state index contributed by atoms with van der Waals surface area (Å²) in [7, 11) is 0. The van der Waals surface area contributed by atoms with Gasteiger partial charge in [0.2, 0.25) is 0 Å². The highest BCUT2D eigenvalue weighted by atomic mass is 14.9. The van der Waals surface area contributed by atoms with Gasteiger partial charge < -0.3 is 0 Å². The largest absolute Gasteiger partial charge is 0.264 e. The van der Waals surface area contributed by atoms with Crippen molar-refractivity contribution in [1.29, 1.82) is 0 Å². The molecule has 16 rings (SSSR count). The molecule has 0 saturated heterocycles. The molecule has 92 heavy (non-hydrogen) atoms. The minimum atomic E-state index is 0.691. The smallest absolute Gasteiger partial charge is 0.160 e. The van der Waals surface area contributed by atoms with Crippen LogP contribution in [0.5, 0.6) is 0 Å². The van der Waals surface area contributed by atoms with E-state index in [2.05, 4.69) is 313 Å². The van der Waals surface area contributed by atoms with Crippen LogP contribution in [0.1, 0.15) is 0 Å². The van der Waals surface area contributed by atoms with Crippen molar-refractivity contribution >= 4 is 21.5 Å². The number of nitrogens with zero attached hydrogens (tertiary/aromatic N) is 6. The van der Waals surface area contributed by atoms with Crippen LogP contribution in [-0.4, -0.2) is 29.9 Å². The number of rotatable bonds is 12. The summed E-state index contributed by atoms with van der Waals surface area (Å²) in [4.78, 5) is 29.2. The second kappa shape index (κ2) is 25.8. The van der Waals surface area contributed by atoms with Crippen LogP contribution < -0.4 is 0 Å². The van der Waals surface area contributed by atoms with E-state index >= 15 is 0 Å². The van der Waals surface area contributed by atoms with Gasteiger partial charge >= 0.3 is 0 Å². The van der Waals surface area contributed by atoms with Gasteiger partial charge in [0.1, 0.15) is 0 Å². The molecule has 432 valence electrons. The SMILES string of the molecule is c1ccc(-c2cccc(-c3cc(-c4ccc(-c5cccnc5)cc4)nc(-c4cccc(-c5ccc6ccccc6c5)c4)n3)c2)cc1.c1ccc(-c2cccc(-c3cc(-c4ccc(-c5cccnc5)cc4)nc(-c4cccc(-c5cccc6ccccc56)c4)n3)c2)cc1. The molecule has 0 bridgehead atoms. The average Bonchev–Trinajstić information content (AvgIpc) is 1.08. The quantitative estimate of drug-likeness (QED) is 0.121. The van der Waals surface area contributed by atoms with Crippen molar-refractivity contribution in [3.05, 3.63) is 352 Å². The van der Waals surface area contributed by atoms with E-state index in [0.717, 1.165) is 101 Å². The third-order valence-corrected chi connectivity index (χ3v) is 16.8. The minimum absolute atomic E-state index is 0.691. The van der Waals surface area contributed by atoms with Gasteiger partial charge in [-0.3, -0.25) is 9.97 Å². The molecule has 6 heteroatoms. The molecule has 0 amide bonds. The summed E-state index contributed by atoms with van der Waals surface area (Å²) >= 11 is 0. The molecule has 0 aliphatic rings. The molecule has 0 spiro atoms. The third-order valence-electron chi connectivity index (χ3n) is 16.8. The molecule has 0 fully saturated rings. The van der Waals surface area contributed by atoms with Gasteiger partial charge in [0, 0.05) is 58.2 Å². The van der Waals surface area contributed by atoms with Crippen molar-refractivity contribution in [1.82, 2.24) is 29.9 Å². The van der Waals surface area contributed by atoms with Gasteiger partial charge in [0.25, 0.3) is 0 Å². The summed E-state index contributed by atoms with van der Waals surface area (Å²) in [6.45, 7) is 0. The van der Waals surface area contributed by atoms with E-state index in [1.807, 2.05) is 36.7 Å². The van der Waals surface area contributed by atoms with Gasteiger partial charge in [0.05, 0.1) is 22.8 Å². The van der Waals surface area contributed by atoms with Crippen LogP contribution in [0.15, 0.2) is 352 Å². The molecular formula is C86H58N6. The van der Waals surface area contributed by atoms with E-state index in [1.165, 1.54) is 43.8 Å². The Kier molecular flexibility index (Phi) is 15.7. The summed E-state index contributed by atoms with van der Waals surface area (Å²) in [6, 6.07) is 115. The second-order valence-corrected chi connectivity index (χ2v) is 22.7. The van der Waals surface area contributed by atoms with Gasteiger partial charge in [0.15, 0.2) is 11.6 Å². The van der Waals surface area contributed by atoms with E-state index < -0.39 is 0 Å².